The first kappa shape index (κ1) is 17.1. The lowest BCUT2D eigenvalue weighted by atomic mass is 9.90. The molecule has 0 aliphatic carbocycles. The second kappa shape index (κ2) is 6.85. The minimum Gasteiger partial charge on any atom is -0.494 e. The number of nitrogens with one attached hydrogen (secondary N) is 1. The van der Waals surface area contributed by atoms with E-state index < -0.39 is 17.2 Å². The van der Waals surface area contributed by atoms with Gasteiger partial charge in [-0.2, -0.15) is 0 Å². The summed E-state index contributed by atoms with van der Waals surface area (Å²) in [5.74, 6) is -1.14. The molecule has 1 heterocycles. The number of hydrogen-bond donors (Lipinski definition) is 2. The highest BCUT2D eigenvalue weighted by molar-refractivity contribution is 5.79. The summed E-state index contributed by atoms with van der Waals surface area (Å²) in [6.45, 7) is 2.62. The maximum atomic E-state index is 13.6. The quantitative estimate of drug-likeness (QED) is 0.867. The second-order valence-electron chi connectivity index (χ2n) is 5.99. The number of nitrogens with zero attached hydrogens (tertiary/aromatic N) is 1. The van der Waals surface area contributed by atoms with Gasteiger partial charge in [-0.25, -0.2) is 9.18 Å². The average molecular weight is 324 g/mol. The summed E-state index contributed by atoms with van der Waals surface area (Å²) < 4.78 is 18.4. The molecular formula is C16H21FN2O4. The van der Waals surface area contributed by atoms with E-state index in [0.29, 0.717) is 25.9 Å². The third kappa shape index (κ3) is 3.91. The molecule has 0 spiro atoms. The highest BCUT2D eigenvalue weighted by Gasteiger charge is 2.42. The lowest BCUT2D eigenvalue weighted by Crippen LogP contribution is -2.41. The Bertz CT molecular complexity index is 608. The van der Waals surface area contributed by atoms with Gasteiger partial charge in [0.15, 0.2) is 11.6 Å². The summed E-state index contributed by atoms with van der Waals surface area (Å²) in [5.41, 5.74) is -0.128. The van der Waals surface area contributed by atoms with E-state index in [1.165, 1.54) is 18.1 Å². The topological polar surface area (TPSA) is 78.9 Å². The number of carbonyl (C=O) groups excluding carboxylic acids is 1. The van der Waals surface area contributed by atoms with Gasteiger partial charge >= 0.3 is 12.0 Å². The monoisotopic (exact) mass is 324 g/mol. The van der Waals surface area contributed by atoms with Crippen LogP contribution >= 0.6 is 0 Å². The van der Waals surface area contributed by atoms with E-state index in [-0.39, 0.29) is 18.3 Å². The molecule has 1 aromatic carbocycles. The van der Waals surface area contributed by atoms with Crippen molar-refractivity contribution < 1.29 is 23.8 Å². The fraction of sp³-hybridized carbons (Fsp3) is 0.500. The maximum absolute atomic E-state index is 13.6. The van der Waals surface area contributed by atoms with Crippen molar-refractivity contribution in [3.8, 4) is 5.75 Å². The van der Waals surface area contributed by atoms with Crippen molar-refractivity contribution in [1.82, 2.24) is 10.2 Å². The summed E-state index contributed by atoms with van der Waals surface area (Å²) in [5, 5.41) is 11.9. The molecule has 1 aliphatic heterocycles. The summed E-state index contributed by atoms with van der Waals surface area (Å²) in [7, 11) is 1.40. The van der Waals surface area contributed by atoms with Gasteiger partial charge in [0.1, 0.15) is 0 Å². The van der Waals surface area contributed by atoms with Crippen molar-refractivity contribution in [2.45, 2.75) is 19.8 Å². The van der Waals surface area contributed by atoms with Crippen LogP contribution in [0.25, 0.3) is 0 Å². The number of amides is 2. The van der Waals surface area contributed by atoms with Gasteiger partial charge in [0.25, 0.3) is 0 Å². The van der Waals surface area contributed by atoms with Crippen molar-refractivity contribution in [2.75, 3.05) is 26.7 Å². The van der Waals surface area contributed by atoms with Crippen molar-refractivity contribution in [3.05, 3.63) is 29.6 Å². The largest absolute Gasteiger partial charge is 0.494 e. The lowest BCUT2D eigenvalue weighted by Gasteiger charge is -2.20. The molecule has 0 radical (unpaired) electrons. The number of benzene rings is 1. The predicted molar refractivity (Wildman–Crippen MR) is 82.0 cm³/mol. The van der Waals surface area contributed by atoms with Crippen molar-refractivity contribution in [3.63, 3.8) is 0 Å². The lowest BCUT2D eigenvalue weighted by molar-refractivity contribution is -0.146. The minimum absolute atomic E-state index is 0.183. The molecule has 2 rings (SSSR count). The van der Waals surface area contributed by atoms with Crippen molar-refractivity contribution in [2.24, 2.45) is 5.41 Å². The van der Waals surface area contributed by atoms with Crippen molar-refractivity contribution in [1.29, 1.82) is 0 Å². The molecule has 126 valence electrons. The van der Waals surface area contributed by atoms with Crippen LogP contribution in [0.3, 0.4) is 0 Å². The maximum Gasteiger partial charge on any atom is 0.317 e. The van der Waals surface area contributed by atoms with Gasteiger partial charge in [0.2, 0.25) is 0 Å². The molecule has 0 aromatic heterocycles. The van der Waals surface area contributed by atoms with Gasteiger partial charge < -0.3 is 20.1 Å². The van der Waals surface area contributed by atoms with Crippen LogP contribution in [0, 0.1) is 11.2 Å². The Morgan fingerprint density at radius 3 is 2.78 bits per heavy atom. The van der Waals surface area contributed by atoms with Crippen LogP contribution in [0.5, 0.6) is 5.75 Å². The molecule has 1 aliphatic rings. The van der Waals surface area contributed by atoms with E-state index in [0.717, 1.165) is 5.56 Å². The first-order chi connectivity index (χ1) is 10.9. The normalized spacial score (nSPS) is 20.4. The molecule has 1 fully saturated rings. The molecule has 0 bridgehead atoms. The number of halogens is 1. The first-order valence-corrected chi connectivity index (χ1v) is 7.44. The first-order valence-electron chi connectivity index (χ1n) is 7.44. The SMILES string of the molecule is COc1ccc(CCNC(=O)N2CCC(C)(C(=O)O)C2)cc1F. The van der Waals surface area contributed by atoms with E-state index >= 15 is 0 Å². The molecular weight excluding hydrogens is 303 g/mol. The van der Waals surface area contributed by atoms with Crippen LogP contribution in [0.15, 0.2) is 18.2 Å². The van der Waals surface area contributed by atoms with Crippen LogP contribution in [-0.4, -0.2) is 48.8 Å². The fourth-order valence-corrected chi connectivity index (χ4v) is 2.60. The second-order valence-corrected chi connectivity index (χ2v) is 5.99. The molecule has 2 N–H and O–H groups in total. The molecule has 1 atom stereocenters. The Morgan fingerprint density at radius 2 is 2.22 bits per heavy atom. The van der Waals surface area contributed by atoms with Crippen molar-refractivity contribution >= 4 is 12.0 Å². The molecule has 0 saturated carbocycles. The van der Waals surface area contributed by atoms with Crippen LogP contribution in [0.4, 0.5) is 9.18 Å². The fourth-order valence-electron chi connectivity index (χ4n) is 2.60. The molecule has 1 saturated heterocycles. The van der Waals surface area contributed by atoms with Crippen LogP contribution in [0.2, 0.25) is 0 Å². The number of likely N-dealkylation sites (tertiary alicyclic amines) is 1. The molecule has 1 unspecified atom stereocenters. The molecule has 23 heavy (non-hydrogen) atoms. The van der Waals surface area contributed by atoms with Gasteiger partial charge in [-0.3, -0.25) is 4.79 Å². The van der Waals surface area contributed by atoms with Crippen LogP contribution in [0.1, 0.15) is 18.9 Å². The Balaban J connectivity index is 1.82. The third-order valence-electron chi connectivity index (χ3n) is 4.18. The number of carboxylic acid groups (broad SMARTS) is 1. The van der Waals surface area contributed by atoms with E-state index in [1.54, 1.807) is 19.1 Å². The van der Waals surface area contributed by atoms with Gasteiger partial charge in [-0.1, -0.05) is 6.07 Å². The van der Waals surface area contributed by atoms with Gasteiger partial charge in [0, 0.05) is 19.6 Å². The molecule has 6 nitrogen and oxygen atoms in total. The molecule has 2 amide bonds. The number of rotatable bonds is 5. The van der Waals surface area contributed by atoms with Crippen LogP contribution in [-0.2, 0) is 11.2 Å². The standard InChI is InChI=1S/C16H21FN2O4/c1-16(14(20)21)6-8-19(10-16)15(22)18-7-5-11-3-4-13(23-2)12(17)9-11/h3-4,9H,5-8,10H2,1-2H3,(H,18,22)(H,20,21). The third-order valence-corrected chi connectivity index (χ3v) is 4.18. The van der Waals surface area contributed by atoms with Gasteiger partial charge in [0.05, 0.1) is 12.5 Å². The highest BCUT2D eigenvalue weighted by Crippen LogP contribution is 2.29. The molecule has 7 heteroatoms. The number of hydrogen-bond acceptors (Lipinski definition) is 3. The number of methoxy groups -OCH3 is 1. The number of carboxylic acids is 1. The van der Waals surface area contributed by atoms with Gasteiger partial charge in [-0.15, -0.1) is 0 Å². The highest BCUT2D eigenvalue weighted by atomic mass is 19.1. The minimum atomic E-state index is -0.887. The number of aliphatic carboxylic acids is 1. The number of urea groups is 1. The number of ether oxygens (including phenoxy) is 1. The van der Waals surface area contributed by atoms with E-state index in [9.17, 15) is 14.0 Å². The average Bonchev–Trinajstić information content (AvgIpc) is 2.91. The smallest absolute Gasteiger partial charge is 0.317 e. The zero-order valence-corrected chi connectivity index (χ0v) is 13.3. The zero-order chi connectivity index (χ0) is 17.0. The predicted octanol–water partition coefficient (Wildman–Crippen LogP) is 1.88. The van der Waals surface area contributed by atoms with Crippen LogP contribution < -0.4 is 10.1 Å². The van der Waals surface area contributed by atoms with E-state index in [2.05, 4.69) is 5.32 Å². The summed E-state index contributed by atoms with van der Waals surface area (Å²) in [6, 6.07) is 4.38. The summed E-state index contributed by atoms with van der Waals surface area (Å²) in [4.78, 5) is 24.7. The Morgan fingerprint density at radius 1 is 1.48 bits per heavy atom. The Labute approximate surface area is 134 Å². The summed E-state index contributed by atoms with van der Waals surface area (Å²) in [6.07, 6.45) is 0.927. The van der Waals surface area contributed by atoms with Gasteiger partial charge in [-0.05, 0) is 37.5 Å². The Hall–Kier alpha value is -2.31. The molecule has 1 aromatic rings. The van der Waals surface area contributed by atoms with E-state index in [4.69, 9.17) is 9.84 Å². The summed E-state index contributed by atoms with van der Waals surface area (Å²) >= 11 is 0. The van der Waals surface area contributed by atoms with E-state index in [1.807, 2.05) is 0 Å². The Kier molecular flexibility index (Phi) is 5.08. The zero-order valence-electron chi connectivity index (χ0n) is 13.3. The number of carbonyl (C=O) groups is 2.